The van der Waals surface area contributed by atoms with Crippen molar-refractivity contribution in [3.8, 4) is 0 Å². The van der Waals surface area contributed by atoms with Crippen molar-refractivity contribution in [2.45, 2.75) is 37.8 Å². The Morgan fingerprint density at radius 1 is 1.39 bits per heavy atom. The molecule has 0 amide bonds. The number of rotatable bonds is 3. The molecule has 1 aliphatic heterocycles. The van der Waals surface area contributed by atoms with Gasteiger partial charge in [0.25, 0.3) is 0 Å². The van der Waals surface area contributed by atoms with E-state index < -0.39 is 0 Å². The molecular weight excluding hydrogens is 227 g/mol. The molecule has 0 spiro atoms. The van der Waals surface area contributed by atoms with Crippen LogP contribution in [0.3, 0.4) is 0 Å². The Hall–Kier alpha value is -0.930. The smallest absolute Gasteiger partial charge is 0.123 e. The molecule has 1 N–H and O–H groups in total. The minimum Gasteiger partial charge on any atom is -0.318 e. The number of benzene rings is 1. The van der Waals surface area contributed by atoms with Crippen molar-refractivity contribution in [2.24, 2.45) is 0 Å². The average Bonchev–Trinajstić information content (AvgIpc) is 2.95. The molecule has 2 atom stereocenters. The summed E-state index contributed by atoms with van der Waals surface area (Å²) in [6, 6.07) is 6.49. The van der Waals surface area contributed by atoms with Gasteiger partial charge in [0.05, 0.1) is 0 Å². The molecule has 1 saturated heterocycles. The molecule has 2 unspecified atom stereocenters. The highest BCUT2D eigenvalue weighted by Gasteiger charge is 2.34. The Balaban J connectivity index is 1.83. The highest BCUT2D eigenvalue weighted by molar-refractivity contribution is 5.35. The highest BCUT2D eigenvalue weighted by Crippen LogP contribution is 2.39. The van der Waals surface area contributed by atoms with Crippen LogP contribution in [0.2, 0.25) is 0 Å². The number of halogens is 1. The second kappa shape index (κ2) is 4.98. The van der Waals surface area contributed by atoms with Gasteiger partial charge >= 0.3 is 0 Å². The topological polar surface area (TPSA) is 15.3 Å². The fourth-order valence-electron chi connectivity index (χ4n) is 3.63. The second-order valence-corrected chi connectivity index (χ2v) is 5.49. The van der Waals surface area contributed by atoms with E-state index in [-0.39, 0.29) is 5.82 Å². The van der Waals surface area contributed by atoms with Gasteiger partial charge in [-0.05, 0) is 62.5 Å². The molecule has 1 heterocycles. The van der Waals surface area contributed by atoms with E-state index in [4.69, 9.17) is 0 Å². The third-order valence-electron chi connectivity index (χ3n) is 4.41. The standard InChI is InChI=1S/C15H21FN2/c1-17-10-13-3-2-8-18(13)15-7-4-11-9-12(16)5-6-14(11)15/h5-6,9,13,15,17H,2-4,7-8,10H2,1H3. The van der Waals surface area contributed by atoms with Crippen molar-refractivity contribution in [2.75, 3.05) is 20.1 Å². The van der Waals surface area contributed by atoms with E-state index in [9.17, 15) is 4.39 Å². The van der Waals surface area contributed by atoms with Crippen LogP contribution in [0, 0.1) is 5.82 Å². The lowest BCUT2D eigenvalue weighted by molar-refractivity contribution is 0.178. The summed E-state index contributed by atoms with van der Waals surface area (Å²) < 4.78 is 13.2. The second-order valence-electron chi connectivity index (χ2n) is 5.49. The summed E-state index contributed by atoms with van der Waals surface area (Å²) in [5, 5.41) is 3.29. The molecule has 1 aliphatic carbocycles. The highest BCUT2D eigenvalue weighted by atomic mass is 19.1. The molecule has 18 heavy (non-hydrogen) atoms. The summed E-state index contributed by atoms with van der Waals surface area (Å²) in [6.45, 7) is 2.25. The first-order valence-electron chi connectivity index (χ1n) is 6.98. The van der Waals surface area contributed by atoms with Crippen LogP contribution in [-0.2, 0) is 6.42 Å². The van der Waals surface area contributed by atoms with Gasteiger partial charge in [-0.15, -0.1) is 0 Å². The molecule has 1 fully saturated rings. The number of fused-ring (bicyclic) bond motifs is 1. The largest absolute Gasteiger partial charge is 0.318 e. The summed E-state index contributed by atoms with van der Waals surface area (Å²) >= 11 is 0. The van der Waals surface area contributed by atoms with Gasteiger partial charge < -0.3 is 5.32 Å². The normalized spacial score (nSPS) is 27.7. The first kappa shape index (κ1) is 12.1. The van der Waals surface area contributed by atoms with Gasteiger partial charge in [0, 0.05) is 18.6 Å². The average molecular weight is 248 g/mol. The van der Waals surface area contributed by atoms with Crippen molar-refractivity contribution in [3.05, 3.63) is 35.1 Å². The molecular formula is C15H21FN2. The summed E-state index contributed by atoms with van der Waals surface area (Å²) in [5.41, 5.74) is 2.58. The molecule has 0 radical (unpaired) electrons. The quantitative estimate of drug-likeness (QED) is 0.884. The molecule has 1 aromatic carbocycles. The predicted molar refractivity (Wildman–Crippen MR) is 71.1 cm³/mol. The summed E-state index contributed by atoms with van der Waals surface area (Å²) in [5.74, 6) is -0.0948. The van der Waals surface area contributed by atoms with Gasteiger partial charge in [-0.25, -0.2) is 4.39 Å². The number of likely N-dealkylation sites (tertiary alicyclic amines) is 1. The minimum atomic E-state index is -0.0948. The molecule has 0 saturated carbocycles. The Labute approximate surface area is 108 Å². The third kappa shape index (κ3) is 2.06. The van der Waals surface area contributed by atoms with E-state index in [1.165, 1.54) is 30.5 Å². The number of aryl methyl sites for hydroxylation is 1. The van der Waals surface area contributed by atoms with Gasteiger partial charge in [0.2, 0.25) is 0 Å². The van der Waals surface area contributed by atoms with Gasteiger partial charge in [0.1, 0.15) is 5.82 Å². The Morgan fingerprint density at radius 3 is 3.11 bits per heavy atom. The number of hydrogen-bond donors (Lipinski definition) is 1. The van der Waals surface area contributed by atoms with Crippen LogP contribution in [0.5, 0.6) is 0 Å². The molecule has 3 heteroatoms. The number of likely N-dealkylation sites (N-methyl/N-ethyl adjacent to an activating group) is 1. The van der Waals surface area contributed by atoms with Crippen molar-refractivity contribution in [1.82, 2.24) is 10.2 Å². The van der Waals surface area contributed by atoms with Crippen molar-refractivity contribution < 1.29 is 4.39 Å². The maximum atomic E-state index is 13.2. The Bertz CT molecular complexity index is 433. The van der Waals surface area contributed by atoms with Crippen molar-refractivity contribution in [3.63, 3.8) is 0 Å². The zero-order chi connectivity index (χ0) is 12.5. The Morgan fingerprint density at radius 2 is 2.28 bits per heavy atom. The van der Waals surface area contributed by atoms with Gasteiger partial charge in [-0.3, -0.25) is 4.90 Å². The summed E-state index contributed by atoms with van der Waals surface area (Å²) in [4.78, 5) is 2.63. The van der Waals surface area contributed by atoms with Gasteiger partial charge in [-0.1, -0.05) is 6.07 Å². The van der Waals surface area contributed by atoms with Crippen LogP contribution < -0.4 is 5.32 Å². The van der Waals surface area contributed by atoms with E-state index >= 15 is 0 Å². The molecule has 0 aromatic heterocycles. The first-order chi connectivity index (χ1) is 8.79. The van der Waals surface area contributed by atoms with E-state index in [2.05, 4.69) is 10.2 Å². The lowest BCUT2D eigenvalue weighted by Gasteiger charge is -2.31. The molecule has 2 nitrogen and oxygen atoms in total. The van der Waals surface area contributed by atoms with E-state index in [1.54, 1.807) is 12.1 Å². The van der Waals surface area contributed by atoms with Crippen molar-refractivity contribution in [1.29, 1.82) is 0 Å². The molecule has 2 aliphatic rings. The predicted octanol–water partition coefficient (Wildman–Crippen LogP) is 2.50. The molecule has 98 valence electrons. The number of hydrogen-bond acceptors (Lipinski definition) is 2. The van der Waals surface area contributed by atoms with E-state index in [0.717, 1.165) is 19.4 Å². The van der Waals surface area contributed by atoms with E-state index in [0.29, 0.717) is 12.1 Å². The third-order valence-corrected chi connectivity index (χ3v) is 4.41. The summed E-state index contributed by atoms with van der Waals surface area (Å²) in [7, 11) is 2.02. The maximum Gasteiger partial charge on any atom is 0.123 e. The van der Waals surface area contributed by atoms with E-state index in [1.807, 2.05) is 13.1 Å². The number of nitrogens with one attached hydrogen (secondary N) is 1. The summed E-state index contributed by atoms with van der Waals surface area (Å²) in [6.07, 6.45) is 4.76. The zero-order valence-electron chi connectivity index (χ0n) is 11.0. The molecule has 3 rings (SSSR count). The van der Waals surface area contributed by atoms with Crippen molar-refractivity contribution >= 4 is 0 Å². The zero-order valence-corrected chi connectivity index (χ0v) is 11.0. The maximum absolute atomic E-state index is 13.2. The SMILES string of the molecule is CNCC1CCCN1C1CCc2cc(F)ccc21. The Kier molecular flexibility index (Phi) is 3.35. The molecule has 1 aromatic rings. The van der Waals surface area contributed by atoms with Crippen LogP contribution in [0.1, 0.15) is 36.4 Å². The minimum absolute atomic E-state index is 0.0948. The number of nitrogens with zero attached hydrogens (tertiary/aromatic N) is 1. The van der Waals surface area contributed by atoms with Crippen LogP contribution in [0.15, 0.2) is 18.2 Å². The lowest BCUT2D eigenvalue weighted by atomic mass is 10.1. The fourth-order valence-corrected chi connectivity index (χ4v) is 3.63. The fraction of sp³-hybridized carbons (Fsp3) is 0.600. The van der Waals surface area contributed by atoms with Crippen LogP contribution in [0.4, 0.5) is 4.39 Å². The molecule has 0 bridgehead atoms. The van der Waals surface area contributed by atoms with Crippen LogP contribution in [0.25, 0.3) is 0 Å². The van der Waals surface area contributed by atoms with Gasteiger partial charge in [0.15, 0.2) is 0 Å². The van der Waals surface area contributed by atoms with Crippen LogP contribution >= 0.6 is 0 Å². The monoisotopic (exact) mass is 248 g/mol. The lowest BCUT2D eigenvalue weighted by Crippen LogP contribution is -2.38. The van der Waals surface area contributed by atoms with Gasteiger partial charge in [-0.2, -0.15) is 0 Å². The van der Waals surface area contributed by atoms with Crippen LogP contribution in [-0.4, -0.2) is 31.1 Å². The first-order valence-corrected chi connectivity index (χ1v) is 6.98.